The fraction of sp³-hybridized carbons (Fsp3) is 0.333. The Morgan fingerprint density at radius 2 is 2.45 bits per heavy atom. The molecule has 0 radical (unpaired) electrons. The predicted octanol–water partition coefficient (Wildman–Crippen LogP) is 0.911. The van der Waals surface area contributed by atoms with Crippen molar-refractivity contribution in [1.82, 2.24) is 10.2 Å². The van der Waals surface area contributed by atoms with Gasteiger partial charge in [-0.3, -0.25) is 15.7 Å². The number of rotatable bonds is 1. The molecule has 1 rings (SSSR count). The summed E-state index contributed by atoms with van der Waals surface area (Å²) < 4.78 is 0. The maximum Gasteiger partial charge on any atom is 0.180 e. The molecule has 0 spiro atoms. The van der Waals surface area contributed by atoms with Crippen LogP contribution in [0.2, 0.25) is 0 Å². The lowest BCUT2D eigenvalue weighted by Gasteiger charge is -2.09. The van der Waals surface area contributed by atoms with Gasteiger partial charge >= 0.3 is 0 Å². The molecule has 11 heavy (non-hydrogen) atoms. The van der Waals surface area contributed by atoms with Gasteiger partial charge in [-0.2, -0.15) is 10.2 Å². The highest BCUT2D eigenvalue weighted by molar-refractivity contribution is 5.90. The Bertz CT molecular complexity index is 267. The molecule has 60 valence electrons. The van der Waals surface area contributed by atoms with Gasteiger partial charge in [0, 0.05) is 11.8 Å². The molecular weight excluding hydrogens is 144 g/mol. The lowest BCUT2D eigenvalue weighted by Crippen LogP contribution is -2.23. The van der Waals surface area contributed by atoms with Gasteiger partial charge in [0.1, 0.15) is 5.84 Å². The highest BCUT2D eigenvalue weighted by atomic mass is 16.5. The van der Waals surface area contributed by atoms with Crippen LogP contribution in [-0.2, 0) is 0 Å². The first-order valence-electron chi connectivity index (χ1n) is 3.17. The van der Waals surface area contributed by atoms with Crippen LogP contribution in [0, 0.1) is 12.3 Å². The second-order valence-corrected chi connectivity index (χ2v) is 2.31. The highest BCUT2D eigenvalue weighted by Gasteiger charge is 2.06. The molecule has 5 heteroatoms. The van der Waals surface area contributed by atoms with Gasteiger partial charge in [-0.05, 0) is 13.8 Å². The number of aryl methyl sites for hydroxylation is 1. The Morgan fingerprint density at radius 3 is 2.82 bits per heavy atom. The minimum atomic E-state index is 0.0384. The summed E-state index contributed by atoms with van der Waals surface area (Å²) in [5, 5.41) is 23.3. The largest absolute Gasteiger partial charge is 0.286 e. The van der Waals surface area contributed by atoms with Gasteiger partial charge in [0.15, 0.2) is 5.82 Å². The summed E-state index contributed by atoms with van der Waals surface area (Å²) in [7, 11) is 0. The number of aromatic nitrogens is 2. The SMILES string of the molecule is CC(=N)N(O)c1cc(C)[nH]n1. The first-order valence-corrected chi connectivity index (χ1v) is 3.17. The number of H-pyrrole nitrogens is 1. The third-order valence-electron chi connectivity index (χ3n) is 1.23. The zero-order chi connectivity index (χ0) is 8.43. The third-order valence-corrected chi connectivity index (χ3v) is 1.23. The summed E-state index contributed by atoms with van der Waals surface area (Å²) in [4.78, 5) is 0. The van der Waals surface area contributed by atoms with Crippen LogP contribution in [0.15, 0.2) is 6.07 Å². The lowest BCUT2D eigenvalue weighted by molar-refractivity contribution is 0.307. The maximum atomic E-state index is 9.14. The summed E-state index contributed by atoms with van der Waals surface area (Å²) in [6.07, 6.45) is 0. The van der Waals surface area contributed by atoms with Crippen LogP contribution in [0.3, 0.4) is 0 Å². The van der Waals surface area contributed by atoms with Gasteiger partial charge in [0.2, 0.25) is 0 Å². The first-order chi connectivity index (χ1) is 5.11. The molecule has 0 bridgehead atoms. The van der Waals surface area contributed by atoms with Crippen molar-refractivity contribution >= 4 is 11.7 Å². The normalized spacial score (nSPS) is 9.73. The number of hydrogen-bond donors (Lipinski definition) is 3. The van der Waals surface area contributed by atoms with Crippen LogP contribution in [0.5, 0.6) is 0 Å². The maximum absolute atomic E-state index is 9.14. The second-order valence-electron chi connectivity index (χ2n) is 2.31. The van der Waals surface area contributed by atoms with E-state index in [-0.39, 0.29) is 5.84 Å². The van der Waals surface area contributed by atoms with Crippen molar-refractivity contribution in [3.63, 3.8) is 0 Å². The summed E-state index contributed by atoms with van der Waals surface area (Å²) in [5.41, 5.74) is 0.848. The molecule has 0 fully saturated rings. The Kier molecular flexibility index (Phi) is 1.91. The molecule has 0 aromatic carbocycles. The average molecular weight is 154 g/mol. The molecule has 0 aliphatic rings. The van der Waals surface area contributed by atoms with Crippen LogP contribution in [-0.4, -0.2) is 21.2 Å². The van der Waals surface area contributed by atoms with Crippen molar-refractivity contribution in [3.8, 4) is 0 Å². The Balaban J connectivity index is 2.84. The molecule has 0 atom stereocenters. The van der Waals surface area contributed by atoms with Crippen molar-refractivity contribution in [1.29, 1.82) is 5.41 Å². The third kappa shape index (κ3) is 1.56. The van der Waals surface area contributed by atoms with E-state index in [1.165, 1.54) is 6.92 Å². The number of aromatic amines is 1. The number of hydroxylamine groups is 1. The number of hydrogen-bond acceptors (Lipinski definition) is 3. The topological polar surface area (TPSA) is 76.0 Å². The smallest absolute Gasteiger partial charge is 0.180 e. The fourth-order valence-electron chi connectivity index (χ4n) is 0.684. The highest BCUT2D eigenvalue weighted by Crippen LogP contribution is 2.08. The van der Waals surface area contributed by atoms with E-state index in [2.05, 4.69) is 10.2 Å². The molecule has 1 aromatic heterocycles. The van der Waals surface area contributed by atoms with Crippen LogP contribution in [0.4, 0.5) is 5.82 Å². The minimum Gasteiger partial charge on any atom is -0.286 e. The van der Waals surface area contributed by atoms with E-state index >= 15 is 0 Å². The van der Waals surface area contributed by atoms with Crippen molar-refractivity contribution in [2.75, 3.05) is 5.06 Å². The molecule has 3 N–H and O–H groups in total. The van der Waals surface area contributed by atoms with E-state index in [4.69, 9.17) is 10.6 Å². The number of nitrogens with zero attached hydrogens (tertiary/aromatic N) is 2. The molecule has 1 heterocycles. The number of amidine groups is 1. The molecule has 0 unspecified atom stereocenters. The van der Waals surface area contributed by atoms with Gasteiger partial charge < -0.3 is 0 Å². The average Bonchev–Trinajstić information content (AvgIpc) is 2.34. The second kappa shape index (κ2) is 2.71. The molecule has 0 saturated carbocycles. The van der Waals surface area contributed by atoms with E-state index in [9.17, 15) is 0 Å². The monoisotopic (exact) mass is 154 g/mol. The Morgan fingerprint density at radius 1 is 1.82 bits per heavy atom. The fourth-order valence-corrected chi connectivity index (χ4v) is 0.684. The number of anilines is 1. The van der Waals surface area contributed by atoms with E-state index in [0.29, 0.717) is 10.9 Å². The predicted molar refractivity (Wildman–Crippen MR) is 41.0 cm³/mol. The minimum absolute atomic E-state index is 0.0384. The van der Waals surface area contributed by atoms with Gasteiger partial charge in [0.05, 0.1) is 0 Å². The molecule has 0 amide bonds. The zero-order valence-corrected chi connectivity index (χ0v) is 6.42. The van der Waals surface area contributed by atoms with Crippen molar-refractivity contribution in [2.45, 2.75) is 13.8 Å². The van der Waals surface area contributed by atoms with Gasteiger partial charge in [-0.15, -0.1) is 0 Å². The van der Waals surface area contributed by atoms with Crippen molar-refractivity contribution in [2.24, 2.45) is 0 Å². The van der Waals surface area contributed by atoms with Crippen LogP contribution >= 0.6 is 0 Å². The summed E-state index contributed by atoms with van der Waals surface area (Å²) in [5.74, 6) is 0.381. The van der Waals surface area contributed by atoms with E-state index in [1.54, 1.807) is 6.07 Å². The van der Waals surface area contributed by atoms with E-state index in [0.717, 1.165) is 5.69 Å². The Labute approximate surface area is 64.1 Å². The lowest BCUT2D eigenvalue weighted by atomic mass is 10.4. The molecule has 0 saturated heterocycles. The molecule has 1 aromatic rings. The van der Waals surface area contributed by atoms with Gasteiger partial charge in [-0.25, -0.2) is 0 Å². The van der Waals surface area contributed by atoms with E-state index < -0.39 is 0 Å². The van der Waals surface area contributed by atoms with Crippen LogP contribution in [0.1, 0.15) is 12.6 Å². The van der Waals surface area contributed by atoms with E-state index in [1.807, 2.05) is 6.92 Å². The van der Waals surface area contributed by atoms with Crippen molar-refractivity contribution < 1.29 is 5.21 Å². The standard InChI is InChI=1S/C6H10N4O/c1-4-3-6(9-8-4)10(11)5(2)7/h3,7,11H,1-2H3,(H,8,9). The number of nitrogens with one attached hydrogen (secondary N) is 2. The summed E-state index contributed by atoms with van der Waals surface area (Å²) >= 11 is 0. The zero-order valence-electron chi connectivity index (χ0n) is 6.42. The van der Waals surface area contributed by atoms with Gasteiger partial charge in [-0.1, -0.05) is 0 Å². The molecule has 0 aliphatic heterocycles. The molecular formula is C6H10N4O. The molecule has 0 aliphatic carbocycles. The molecule has 5 nitrogen and oxygen atoms in total. The summed E-state index contributed by atoms with van der Waals surface area (Å²) in [6, 6.07) is 1.65. The first kappa shape index (κ1) is 7.74. The van der Waals surface area contributed by atoms with Gasteiger partial charge in [0.25, 0.3) is 0 Å². The van der Waals surface area contributed by atoms with Crippen LogP contribution in [0.25, 0.3) is 0 Å². The summed E-state index contributed by atoms with van der Waals surface area (Å²) in [6.45, 7) is 3.30. The van der Waals surface area contributed by atoms with Crippen molar-refractivity contribution in [3.05, 3.63) is 11.8 Å². The van der Waals surface area contributed by atoms with Crippen LogP contribution < -0.4 is 5.06 Å². The quantitative estimate of drug-likeness (QED) is 0.319. The Hall–Kier alpha value is -1.36.